The van der Waals surface area contributed by atoms with Crippen molar-refractivity contribution in [3.63, 3.8) is 0 Å². The first-order valence-corrected chi connectivity index (χ1v) is 7.01. The van der Waals surface area contributed by atoms with Gasteiger partial charge in [-0.05, 0) is 12.3 Å². The van der Waals surface area contributed by atoms with Crippen molar-refractivity contribution in [2.24, 2.45) is 15.5 Å². The average molecular weight is 249 g/mol. The number of hydrogen-bond donors (Lipinski definition) is 1. The van der Waals surface area contributed by atoms with E-state index >= 15 is 0 Å². The highest BCUT2D eigenvalue weighted by Crippen LogP contribution is 2.09. The van der Waals surface area contributed by atoms with Gasteiger partial charge < -0.3 is 4.90 Å². The monoisotopic (exact) mass is 249 g/mol. The molecule has 0 rings (SSSR count). The quantitative estimate of drug-likeness (QED) is 0.439. The molecular weight excluding hydrogens is 226 g/mol. The van der Waals surface area contributed by atoms with E-state index < -0.39 is 10.2 Å². The molecule has 0 aliphatic rings. The molecule has 0 saturated carbocycles. The molecule has 0 saturated heterocycles. The van der Waals surface area contributed by atoms with Gasteiger partial charge in [0.15, 0.2) is 0 Å². The molecule has 0 aliphatic carbocycles. The highest BCUT2D eigenvalue weighted by Gasteiger charge is 2.07. The second-order valence-corrected chi connectivity index (χ2v) is 5.77. The summed E-state index contributed by atoms with van der Waals surface area (Å²) in [4.78, 5) is 1.69. The molecule has 16 heavy (non-hydrogen) atoms. The van der Waals surface area contributed by atoms with Gasteiger partial charge in [-0.1, -0.05) is 26.7 Å². The van der Waals surface area contributed by atoms with Gasteiger partial charge in [0.1, 0.15) is 5.84 Å². The molecule has 96 valence electrons. The Morgan fingerprint density at radius 1 is 1.31 bits per heavy atom. The molecule has 0 aliphatic heterocycles. The van der Waals surface area contributed by atoms with Crippen molar-refractivity contribution in [2.75, 3.05) is 14.1 Å². The molecule has 0 aromatic rings. The average Bonchev–Trinajstić information content (AvgIpc) is 2.07. The van der Waals surface area contributed by atoms with E-state index in [0.29, 0.717) is 18.2 Å². The Morgan fingerprint density at radius 3 is 2.25 bits per heavy atom. The van der Waals surface area contributed by atoms with Crippen molar-refractivity contribution >= 4 is 16.0 Å². The second-order valence-electron chi connectivity index (χ2n) is 4.56. The third-order valence-corrected chi connectivity index (χ3v) is 2.65. The maximum Gasteiger partial charge on any atom is 0.318 e. The number of amidine groups is 1. The molecule has 0 amide bonds. The lowest BCUT2D eigenvalue weighted by Gasteiger charge is -2.15. The zero-order valence-corrected chi connectivity index (χ0v) is 11.4. The topological polar surface area (TPSA) is 75.8 Å². The molecule has 5 nitrogen and oxygen atoms in total. The highest BCUT2D eigenvalue weighted by atomic mass is 32.2. The van der Waals surface area contributed by atoms with Crippen molar-refractivity contribution in [3.05, 3.63) is 0 Å². The fourth-order valence-corrected chi connectivity index (χ4v) is 1.88. The van der Waals surface area contributed by atoms with Crippen LogP contribution < -0.4 is 5.14 Å². The minimum atomic E-state index is -3.78. The van der Waals surface area contributed by atoms with Gasteiger partial charge in [0.05, 0.1) is 0 Å². The molecule has 6 heteroatoms. The lowest BCUT2D eigenvalue weighted by atomic mass is 10.1. The zero-order chi connectivity index (χ0) is 12.8. The summed E-state index contributed by atoms with van der Waals surface area (Å²) in [7, 11) is -0.235. The fraction of sp³-hybridized carbons (Fsp3) is 0.900. The summed E-state index contributed by atoms with van der Waals surface area (Å²) in [6, 6.07) is 0. The summed E-state index contributed by atoms with van der Waals surface area (Å²) >= 11 is 0. The normalized spacial score (nSPS) is 13.2. The van der Waals surface area contributed by atoms with E-state index in [-0.39, 0.29) is 0 Å². The summed E-state index contributed by atoms with van der Waals surface area (Å²) in [6.07, 6.45) is 3.81. The minimum Gasteiger partial charge on any atom is -0.365 e. The van der Waals surface area contributed by atoms with Gasteiger partial charge in [-0.15, -0.1) is 4.40 Å². The summed E-state index contributed by atoms with van der Waals surface area (Å²) < 4.78 is 25.2. The van der Waals surface area contributed by atoms with Gasteiger partial charge in [-0.25, -0.2) is 5.14 Å². The van der Waals surface area contributed by atoms with Crippen molar-refractivity contribution < 1.29 is 8.42 Å². The second kappa shape index (κ2) is 6.85. The molecule has 0 aromatic heterocycles. The summed E-state index contributed by atoms with van der Waals surface area (Å²) in [6.45, 7) is 4.34. The van der Waals surface area contributed by atoms with Crippen molar-refractivity contribution in [1.29, 1.82) is 0 Å². The lowest BCUT2D eigenvalue weighted by Crippen LogP contribution is -2.25. The van der Waals surface area contributed by atoms with E-state index in [1.165, 1.54) is 0 Å². The lowest BCUT2D eigenvalue weighted by molar-refractivity contribution is 0.530. The van der Waals surface area contributed by atoms with Gasteiger partial charge in [-0.3, -0.25) is 0 Å². The summed E-state index contributed by atoms with van der Waals surface area (Å²) in [5, 5.41) is 4.88. The molecule has 0 bridgehead atoms. The van der Waals surface area contributed by atoms with Crippen LogP contribution in [0.1, 0.15) is 39.5 Å². The van der Waals surface area contributed by atoms with Gasteiger partial charge in [0.25, 0.3) is 0 Å². The first-order valence-electron chi connectivity index (χ1n) is 5.51. The SMILES string of the molecule is CC(C)CCCC/C(=N/S(N)(=O)=O)N(C)C. The maximum absolute atomic E-state index is 10.9. The molecule has 0 fully saturated rings. The van der Waals surface area contributed by atoms with Crippen LogP contribution in [-0.2, 0) is 10.2 Å². The van der Waals surface area contributed by atoms with Crippen molar-refractivity contribution in [2.45, 2.75) is 39.5 Å². The summed E-state index contributed by atoms with van der Waals surface area (Å²) in [5.74, 6) is 1.20. The van der Waals surface area contributed by atoms with Gasteiger partial charge in [0.2, 0.25) is 0 Å². The van der Waals surface area contributed by atoms with Crippen molar-refractivity contribution in [1.82, 2.24) is 4.90 Å². The molecule has 0 aromatic carbocycles. The fourth-order valence-electron chi connectivity index (χ4n) is 1.33. The van der Waals surface area contributed by atoms with Crippen LogP contribution in [-0.4, -0.2) is 33.2 Å². The molecule has 2 N–H and O–H groups in total. The largest absolute Gasteiger partial charge is 0.365 e. The molecular formula is C10H23N3O2S. The Kier molecular flexibility index (Phi) is 6.59. The van der Waals surface area contributed by atoms with Crippen LogP contribution in [0.15, 0.2) is 4.40 Å². The molecule has 0 atom stereocenters. The minimum absolute atomic E-state index is 0.520. The Hall–Kier alpha value is -0.620. The number of nitrogens with zero attached hydrogens (tertiary/aromatic N) is 2. The summed E-state index contributed by atoms with van der Waals surface area (Å²) in [5.41, 5.74) is 0. The Bertz CT molecular complexity index is 321. The smallest absolute Gasteiger partial charge is 0.318 e. The van der Waals surface area contributed by atoms with E-state index in [4.69, 9.17) is 5.14 Å². The predicted molar refractivity (Wildman–Crippen MR) is 67.5 cm³/mol. The molecule has 0 heterocycles. The van der Waals surface area contributed by atoms with Gasteiger partial charge in [-0.2, -0.15) is 8.42 Å². The van der Waals surface area contributed by atoms with Crippen LogP contribution in [0.25, 0.3) is 0 Å². The standard InChI is InChI=1S/C10H23N3O2S/c1-9(2)7-5-6-8-10(13(3)4)12-16(11,14)15/h9H,5-8H2,1-4H3,(H2,11,14,15)/b12-10-. The first-order chi connectivity index (χ1) is 7.22. The van der Waals surface area contributed by atoms with Gasteiger partial charge in [0, 0.05) is 20.5 Å². The highest BCUT2D eigenvalue weighted by molar-refractivity contribution is 7.88. The molecule has 0 radical (unpaired) electrons. The Morgan fingerprint density at radius 2 is 1.88 bits per heavy atom. The van der Waals surface area contributed by atoms with Crippen LogP contribution in [0.5, 0.6) is 0 Å². The van der Waals surface area contributed by atoms with Crippen LogP contribution in [0.4, 0.5) is 0 Å². The van der Waals surface area contributed by atoms with Gasteiger partial charge >= 0.3 is 10.2 Å². The number of unbranched alkanes of at least 4 members (excludes halogenated alkanes) is 1. The number of nitrogens with two attached hydrogens (primary N) is 1. The van der Waals surface area contributed by atoms with E-state index in [1.54, 1.807) is 19.0 Å². The van der Waals surface area contributed by atoms with E-state index in [2.05, 4.69) is 18.2 Å². The zero-order valence-electron chi connectivity index (χ0n) is 10.6. The predicted octanol–water partition coefficient (Wildman–Crippen LogP) is 1.37. The maximum atomic E-state index is 10.9. The molecule has 0 unspecified atom stereocenters. The van der Waals surface area contributed by atoms with Crippen LogP contribution in [0, 0.1) is 5.92 Å². The number of hydrogen-bond acceptors (Lipinski definition) is 2. The first kappa shape index (κ1) is 15.4. The van der Waals surface area contributed by atoms with Crippen molar-refractivity contribution in [3.8, 4) is 0 Å². The van der Waals surface area contributed by atoms with E-state index in [0.717, 1.165) is 19.3 Å². The third kappa shape index (κ3) is 8.67. The van der Waals surface area contributed by atoms with Crippen LogP contribution in [0.3, 0.4) is 0 Å². The number of rotatable bonds is 6. The Labute approximate surface area is 98.9 Å². The Balaban J connectivity index is 4.22. The van der Waals surface area contributed by atoms with Crippen LogP contribution >= 0.6 is 0 Å². The van der Waals surface area contributed by atoms with Crippen LogP contribution in [0.2, 0.25) is 0 Å². The third-order valence-electron chi connectivity index (χ3n) is 2.18. The molecule has 0 spiro atoms. The van der Waals surface area contributed by atoms with E-state index in [9.17, 15) is 8.42 Å². The van der Waals surface area contributed by atoms with E-state index in [1.807, 2.05) is 0 Å².